The van der Waals surface area contributed by atoms with Crippen LogP contribution in [-0.4, -0.2) is 43.8 Å². The number of hydrogen-bond donors (Lipinski definition) is 0. The van der Waals surface area contributed by atoms with Gasteiger partial charge in [-0.1, -0.05) is 12.1 Å². The van der Waals surface area contributed by atoms with Crippen LogP contribution in [0.15, 0.2) is 82.3 Å². The summed E-state index contributed by atoms with van der Waals surface area (Å²) in [5, 5.41) is 1.65. The van der Waals surface area contributed by atoms with Crippen molar-refractivity contribution in [2.24, 2.45) is 0 Å². The van der Waals surface area contributed by atoms with Crippen molar-refractivity contribution in [2.75, 3.05) is 7.11 Å². The van der Waals surface area contributed by atoms with Gasteiger partial charge in [-0.2, -0.15) is 0 Å². The van der Waals surface area contributed by atoms with Crippen LogP contribution in [0.3, 0.4) is 0 Å². The smallest absolute Gasteiger partial charge is 0.355 e. The summed E-state index contributed by atoms with van der Waals surface area (Å²) in [5.41, 5.74) is 2.55. The summed E-state index contributed by atoms with van der Waals surface area (Å²) in [6.45, 7) is 5.87. The van der Waals surface area contributed by atoms with E-state index < -0.39 is 17.5 Å². The van der Waals surface area contributed by atoms with Crippen LogP contribution in [0, 0.1) is 18.8 Å². The Morgan fingerprint density at radius 3 is 1.55 bits per heavy atom. The maximum atomic E-state index is 14.4. The Labute approximate surface area is 325 Å². The van der Waals surface area contributed by atoms with E-state index in [2.05, 4.69) is 87.0 Å². The van der Waals surface area contributed by atoms with E-state index in [0.29, 0.717) is 22.5 Å². The van der Waals surface area contributed by atoms with Gasteiger partial charge in [0.2, 0.25) is 0 Å². The predicted octanol–water partition coefficient (Wildman–Crippen LogP) is 9.92. The second-order valence-corrected chi connectivity index (χ2v) is 16.0. The van der Waals surface area contributed by atoms with Crippen molar-refractivity contribution >= 4 is 111 Å². The number of fused-ring (bicyclic) bond motifs is 2. The summed E-state index contributed by atoms with van der Waals surface area (Å²) in [5.74, 6) is -1.54. The molecule has 0 saturated carbocycles. The quantitative estimate of drug-likeness (QED) is 0.122. The van der Waals surface area contributed by atoms with E-state index in [1.165, 1.54) is 19.2 Å². The van der Waals surface area contributed by atoms with Gasteiger partial charge >= 0.3 is 11.9 Å². The van der Waals surface area contributed by atoms with Crippen LogP contribution in [0.5, 0.6) is 0 Å². The molecule has 0 N–H and O–H groups in total. The fourth-order valence-electron chi connectivity index (χ4n) is 5.03. The minimum absolute atomic E-state index is 0.207. The number of esters is 2. The first kappa shape index (κ1) is 37.3. The molecule has 49 heavy (non-hydrogen) atoms. The summed E-state index contributed by atoms with van der Waals surface area (Å²) in [7, 11) is 1.32. The van der Waals surface area contributed by atoms with E-state index in [-0.39, 0.29) is 24.7 Å². The van der Waals surface area contributed by atoms with E-state index >= 15 is 0 Å². The number of aromatic nitrogens is 4. The molecule has 0 saturated heterocycles. The second-order valence-electron chi connectivity index (χ2n) is 11.8. The summed E-state index contributed by atoms with van der Waals surface area (Å²) < 4.78 is 45.5. The van der Waals surface area contributed by atoms with Crippen LogP contribution in [0.1, 0.15) is 52.9 Å². The zero-order valence-electron chi connectivity index (χ0n) is 26.5. The van der Waals surface area contributed by atoms with Gasteiger partial charge in [0, 0.05) is 50.4 Å². The molecule has 6 aromatic rings. The maximum Gasteiger partial charge on any atom is 0.355 e. The molecule has 0 aliphatic rings. The Bertz CT molecular complexity index is 2220. The first-order valence-corrected chi connectivity index (χ1v) is 18.4. The first-order valence-electron chi connectivity index (χ1n) is 14.6. The van der Waals surface area contributed by atoms with Crippen molar-refractivity contribution in [3.8, 4) is 0 Å². The van der Waals surface area contributed by atoms with Gasteiger partial charge in [0.1, 0.15) is 28.6 Å². The molecule has 254 valence electrons. The average molecular weight is 1020 g/mol. The molecule has 0 bridgehead atoms. The highest BCUT2D eigenvalue weighted by molar-refractivity contribution is 14.1. The first-order chi connectivity index (χ1) is 23.2. The van der Waals surface area contributed by atoms with Crippen LogP contribution in [0.2, 0.25) is 0 Å². The molecule has 0 radical (unpaired) electrons. The number of ether oxygens (including phenoxy) is 2. The third-order valence-corrected chi connectivity index (χ3v) is 9.86. The normalized spacial score (nSPS) is 11.4. The minimum Gasteiger partial charge on any atom is -0.464 e. The van der Waals surface area contributed by atoms with Crippen molar-refractivity contribution in [3.05, 3.63) is 124 Å². The van der Waals surface area contributed by atoms with Crippen molar-refractivity contribution in [1.82, 2.24) is 19.1 Å². The third-order valence-electron chi connectivity index (χ3n) is 7.25. The summed E-state index contributed by atoms with van der Waals surface area (Å²) >= 11 is 11.0. The standard InChI is InChI=1S/C19H17BrFIN2O2.C16H11BrFIN2O2/c1-19(2,3)26-18(25)16-7-13-14(20)8-23-9-17(13)24(16)10-11-4-5-12(22)6-15(11)21;1-23-16(22)14-5-11-12(17)6-20-7-15(11)21(14)8-9-2-3-10(19)4-13(9)18/h4-9H,10H2,1-3H3;2-7H,8H2,1H3. The number of rotatable bonds is 6. The van der Waals surface area contributed by atoms with Gasteiger partial charge in [-0.25, -0.2) is 18.4 Å². The third kappa shape index (κ3) is 8.68. The van der Waals surface area contributed by atoms with Crippen LogP contribution in [-0.2, 0) is 22.6 Å². The highest BCUT2D eigenvalue weighted by Crippen LogP contribution is 2.30. The van der Waals surface area contributed by atoms with Gasteiger partial charge in [-0.3, -0.25) is 9.97 Å². The molecule has 8 nitrogen and oxygen atoms in total. The SMILES string of the molecule is CC(C)(C)OC(=O)c1cc2c(Br)cncc2n1Cc1ccc(I)cc1F.COC(=O)c1cc2c(Br)cncc2n1Cc1ccc(I)cc1F. The van der Waals surface area contributed by atoms with E-state index in [1.807, 2.05) is 32.9 Å². The Morgan fingerprint density at radius 1 is 0.735 bits per heavy atom. The molecule has 2 aromatic carbocycles. The number of carbonyl (C=O) groups excluding carboxylic acids is 2. The van der Waals surface area contributed by atoms with Gasteiger partial charge in [-0.05, 0) is 134 Å². The Morgan fingerprint density at radius 2 is 1.16 bits per heavy atom. The van der Waals surface area contributed by atoms with E-state index in [9.17, 15) is 18.4 Å². The fraction of sp³-hybridized carbons (Fsp3) is 0.200. The lowest BCUT2D eigenvalue weighted by Gasteiger charge is -2.20. The van der Waals surface area contributed by atoms with Crippen LogP contribution in [0.4, 0.5) is 8.78 Å². The summed E-state index contributed by atoms with van der Waals surface area (Å²) in [4.78, 5) is 33.1. The molecule has 0 unspecified atom stereocenters. The van der Waals surface area contributed by atoms with Crippen molar-refractivity contribution in [1.29, 1.82) is 0 Å². The lowest BCUT2D eigenvalue weighted by molar-refractivity contribution is 0.00584. The lowest BCUT2D eigenvalue weighted by Crippen LogP contribution is -2.25. The number of halogens is 6. The van der Waals surface area contributed by atoms with Gasteiger partial charge in [0.15, 0.2) is 0 Å². The van der Waals surface area contributed by atoms with Gasteiger partial charge in [0.25, 0.3) is 0 Å². The van der Waals surface area contributed by atoms with E-state index in [4.69, 9.17) is 9.47 Å². The fourth-order valence-corrected chi connectivity index (χ4v) is 6.81. The molecule has 0 spiro atoms. The molecule has 0 aliphatic heterocycles. The van der Waals surface area contributed by atoms with Gasteiger partial charge in [-0.15, -0.1) is 0 Å². The average Bonchev–Trinajstić information content (AvgIpc) is 3.59. The summed E-state index contributed by atoms with van der Waals surface area (Å²) in [6, 6.07) is 13.5. The Hall–Kier alpha value is -2.96. The zero-order valence-corrected chi connectivity index (χ0v) is 34.0. The highest BCUT2D eigenvalue weighted by Gasteiger charge is 2.24. The molecule has 4 heterocycles. The number of methoxy groups -OCH3 is 1. The van der Waals surface area contributed by atoms with Crippen LogP contribution < -0.4 is 0 Å². The number of benzene rings is 2. The largest absolute Gasteiger partial charge is 0.464 e. The van der Waals surface area contributed by atoms with E-state index in [0.717, 1.165) is 37.9 Å². The molecule has 0 amide bonds. The van der Waals surface area contributed by atoms with Crippen LogP contribution >= 0.6 is 77.0 Å². The molecule has 0 fully saturated rings. The highest BCUT2D eigenvalue weighted by atomic mass is 127. The molecule has 6 rings (SSSR count). The molecule has 14 heteroatoms. The lowest BCUT2D eigenvalue weighted by atomic mass is 10.2. The number of pyridine rings is 2. The number of carbonyl (C=O) groups is 2. The maximum absolute atomic E-state index is 14.4. The molecular weight excluding hydrogens is 992 g/mol. The van der Waals surface area contributed by atoms with Crippen molar-refractivity contribution < 1.29 is 27.8 Å². The molecule has 0 atom stereocenters. The zero-order chi connectivity index (χ0) is 35.6. The van der Waals surface area contributed by atoms with Gasteiger partial charge < -0.3 is 18.6 Å². The van der Waals surface area contributed by atoms with Gasteiger partial charge in [0.05, 0.1) is 43.6 Å². The molecule has 0 aliphatic carbocycles. The predicted molar refractivity (Wildman–Crippen MR) is 208 cm³/mol. The number of nitrogens with zero attached hydrogens (tertiary/aromatic N) is 4. The summed E-state index contributed by atoms with van der Waals surface area (Å²) in [6.07, 6.45) is 6.63. The molecular formula is C35H28Br2F2I2N4O4. The van der Waals surface area contributed by atoms with E-state index in [1.54, 1.807) is 58.2 Å². The second kappa shape index (κ2) is 15.5. The van der Waals surface area contributed by atoms with Crippen molar-refractivity contribution in [3.63, 3.8) is 0 Å². The monoisotopic (exact) mass is 1020 g/mol. The topological polar surface area (TPSA) is 88.2 Å². The molecule has 4 aromatic heterocycles. The number of hydrogen-bond acceptors (Lipinski definition) is 6. The Kier molecular flexibility index (Phi) is 11.8. The minimum atomic E-state index is -0.623. The van der Waals surface area contributed by atoms with Crippen molar-refractivity contribution in [2.45, 2.75) is 39.5 Å². The van der Waals surface area contributed by atoms with Crippen LogP contribution in [0.25, 0.3) is 21.8 Å². The Balaban J connectivity index is 0.000000192.